The highest BCUT2D eigenvalue weighted by molar-refractivity contribution is 7.11. The molecule has 2 amide bonds. The molecule has 23 heavy (non-hydrogen) atoms. The van der Waals surface area contributed by atoms with Gasteiger partial charge in [0, 0.05) is 32.2 Å². The fourth-order valence-electron chi connectivity index (χ4n) is 2.14. The van der Waals surface area contributed by atoms with E-state index in [1.54, 1.807) is 9.80 Å². The molecule has 0 unspecified atom stereocenters. The van der Waals surface area contributed by atoms with Gasteiger partial charge in [0.25, 0.3) is 5.56 Å². The highest BCUT2D eigenvalue weighted by atomic mass is 35.5. The molecule has 128 valence electrons. The summed E-state index contributed by atoms with van der Waals surface area (Å²) in [6, 6.07) is 1.29. The van der Waals surface area contributed by atoms with Crippen LogP contribution in [0.1, 0.15) is 20.8 Å². The summed E-state index contributed by atoms with van der Waals surface area (Å²) < 4.78 is 7.00. The van der Waals surface area contributed by atoms with Crippen LogP contribution in [-0.4, -0.2) is 57.5 Å². The molecule has 0 N–H and O–H groups in total. The lowest BCUT2D eigenvalue weighted by atomic mass is 10.2. The number of carbonyl (C=O) groups excluding carboxylic acids is 2. The zero-order valence-corrected chi connectivity index (χ0v) is 14.9. The van der Waals surface area contributed by atoms with Crippen LogP contribution in [0.4, 0.5) is 4.79 Å². The lowest BCUT2D eigenvalue weighted by Gasteiger charge is -2.35. The zero-order valence-electron chi connectivity index (χ0n) is 13.4. The van der Waals surface area contributed by atoms with Crippen molar-refractivity contribution < 1.29 is 14.3 Å². The van der Waals surface area contributed by atoms with E-state index in [1.165, 1.54) is 10.0 Å². The van der Waals surface area contributed by atoms with Crippen molar-refractivity contribution >= 4 is 35.1 Å². The first-order chi connectivity index (χ1) is 10.7. The fraction of sp³-hybridized carbons (Fsp3) is 0.643. The largest absolute Gasteiger partial charge is 0.444 e. The van der Waals surface area contributed by atoms with Crippen LogP contribution in [0.25, 0.3) is 0 Å². The van der Waals surface area contributed by atoms with E-state index in [0.29, 0.717) is 30.5 Å². The second-order valence-electron chi connectivity index (χ2n) is 6.26. The second kappa shape index (κ2) is 6.92. The monoisotopic (exact) mass is 361 g/mol. The van der Waals surface area contributed by atoms with Crippen LogP contribution in [0.15, 0.2) is 10.9 Å². The van der Waals surface area contributed by atoms with E-state index in [1.807, 2.05) is 20.8 Å². The van der Waals surface area contributed by atoms with Gasteiger partial charge in [-0.25, -0.2) is 4.79 Å². The summed E-state index contributed by atoms with van der Waals surface area (Å²) in [6.07, 6.45) is -0.370. The third kappa shape index (κ3) is 4.97. The minimum atomic E-state index is -0.538. The molecule has 1 aliphatic heterocycles. The average Bonchev–Trinajstić information content (AvgIpc) is 2.75. The Morgan fingerprint density at radius 1 is 1.22 bits per heavy atom. The summed E-state index contributed by atoms with van der Waals surface area (Å²) >= 11 is 6.81. The van der Waals surface area contributed by atoms with Crippen LogP contribution in [0.2, 0.25) is 4.34 Å². The summed E-state index contributed by atoms with van der Waals surface area (Å²) in [6.45, 7) is 7.10. The van der Waals surface area contributed by atoms with Crippen molar-refractivity contribution in [3.63, 3.8) is 0 Å². The van der Waals surface area contributed by atoms with Crippen molar-refractivity contribution in [2.24, 2.45) is 0 Å². The molecule has 7 nitrogen and oxygen atoms in total. The second-order valence-corrected chi connectivity index (χ2v) is 7.96. The van der Waals surface area contributed by atoms with Gasteiger partial charge in [0.15, 0.2) is 0 Å². The van der Waals surface area contributed by atoms with Gasteiger partial charge >= 0.3 is 6.09 Å². The quantitative estimate of drug-likeness (QED) is 0.802. The number of ether oxygens (including phenoxy) is 1. The molecule has 0 aromatic carbocycles. The first-order valence-electron chi connectivity index (χ1n) is 7.28. The maximum Gasteiger partial charge on any atom is 0.410 e. The van der Waals surface area contributed by atoms with Crippen molar-refractivity contribution in [2.45, 2.75) is 32.9 Å². The van der Waals surface area contributed by atoms with Gasteiger partial charge in [-0.15, -0.1) is 0 Å². The minimum absolute atomic E-state index is 0.0251. The van der Waals surface area contributed by atoms with Gasteiger partial charge in [0.1, 0.15) is 16.5 Å². The van der Waals surface area contributed by atoms with Crippen LogP contribution < -0.4 is 5.56 Å². The molecule has 1 aromatic heterocycles. The number of aromatic nitrogens is 1. The zero-order chi connectivity index (χ0) is 17.2. The maximum atomic E-state index is 12.2. The molecule has 0 spiro atoms. The predicted molar refractivity (Wildman–Crippen MR) is 88.0 cm³/mol. The summed E-state index contributed by atoms with van der Waals surface area (Å²) in [7, 11) is 0. The number of hydrogen-bond acceptors (Lipinski definition) is 5. The van der Waals surface area contributed by atoms with Crippen LogP contribution in [0.5, 0.6) is 0 Å². The van der Waals surface area contributed by atoms with Gasteiger partial charge in [0.2, 0.25) is 5.91 Å². The molecule has 0 aliphatic carbocycles. The van der Waals surface area contributed by atoms with Gasteiger partial charge < -0.3 is 14.5 Å². The summed E-state index contributed by atoms with van der Waals surface area (Å²) in [5.41, 5.74) is -0.815. The van der Waals surface area contributed by atoms with Gasteiger partial charge in [-0.05, 0) is 32.3 Å². The number of nitrogens with zero attached hydrogens (tertiary/aromatic N) is 3. The molecule has 1 aromatic rings. The first-order valence-corrected chi connectivity index (χ1v) is 8.43. The van der Waals surface area contributed by atoms with Gasteiger partial charge in [-0.3, -0.25) is 13.5 Å². The number of amides is 2. The molecule has 0 radical (unpaired) electrons. The van der Waals surface area contributed by atoms with E-state index in [0.717, 1.165) is 11.5 Å². The van der Waals surface area contributed by atoms with Crippen molar-refractivity contribution in [1.29, 1.82) is 0 Å². The maximum absolute atomic E-state index is 12.2. The third-order valence-electron chi connectivity index (χ3n) is 3.24. The van der Waals surface area contributed by atoms with E-state index in [-0.39, 0.29) is 24.1 Å². The minimum Gasteiger partial charge on any atom is -0.444 e. The molecule has 2 rings (SSSR count). The Morgan fingerprint density at radius 2 is 1.78 bits per heavy atom. The molecule has 0 saturated carbocycles. The Kier molecular flexibility index (Phi) is 5.36. The van der Waals surface area contributed by atoms with Gasteiger partial charge in [0.05, 0.1) is 0 Å². The Hall–Kier alpha value is -1.54. The average molecular weight is 362 g/mol. The molecular weight excluding hydrogens is 342 g/mol. The first kappa shape index (κ1) is 17.8. The molecule has 0 bridgehead atoms. The van der Waals surface area contributed by atoms with Crippen LogP contribution in [0.3, 0.4) is 0 Å². The Bertz CT molecular complexity index is 641. The molecule has 1 saturated heterocycles. The summed E-state index contributed by atoms with van der Waals surface area (Å²) in [4.78, 5) is 39.0. The normalized spacial score (nSPS) is 15.7. The van der Waals surface area contributed by atoms with Crippen molar-refractivity contribution in [3.05, 3.63) is 20.8 Å². The predicted octanol–water partition coefficient (Wildman–Crippen LogP) is 1.64. The molecule has 9 heteroatoms. The Morgan fingerprint density at radius 3 is 2.26 bits per heavy atom. The smallest absolute Gasteiger partial charge is 0.410 e. The third-order valence-corrected chi connectivity index (χ3v) is 4.38. The lowest BCUT2D eigenvalue weighted by Crippen LogP contribution is -2.52. The molecule has 0 atom stereocenters. The lowest BCUT2D eigenvalue weighted by molar-refractivity contribution is -0.133. The Balaban J connectivity index is 1.86. The highest BCUT2D eigenvalue weighted by Gasteiger charge is 2.27. The number of rotatable bonds is 2. The molecule has 1 aliphatic rings. The SMILES string of the molecule is CC(C)(C)OC(=O)N1CCN(C(=O)Cn2sc(Cl)cc2=O)CC1. The van der Waals surface area contributed by atoms with E-state index < -0.39 is 5.60 Å². The molecule has 1 fully saturated rings. The van der Waals surface area contributed by atoms with E-state index in [2.05, 4.69) is 0 Å². The number of carbonyl (C=O) groups is 2. The topological polar surface area (TPSA) is 71.8 Å². The fourth-order valence-corrected chi connectivity index (χ4v) is 3.17. The van der Waals surface area contributed by atoms with Crippen molar-refractivity contribution in [1.82, 2.24) is 13.8 Å². The van der Waals surface area contributed by atoms with Crippen LogP contribution in [0, 0.1) is 0 Å². The van der Waals surface area contributed by atoms with Crippen molar-refractivity contribution in [2.75, 3.05) is 26.2 Å². The standard InChI is InChI=1S/C14H20ClN3O4S/c1-14(2,3)22-13(21)17-6-4-16(5-7-17)12(20)9-18-11(19)8-10(15)23-18/h8H,4-7,9H2,1-3H3. The number of hydrogen-bond donors (Lipinski definition) is 0. The number of halogens is 1. The molecule has 2 heterocycles. The number of piperazine rings is 1. The van der Waals surface area contributed by atoms with Gasteiger partial charge in [-0.2, -0.15) is 0 Å². The Labute approximate surface area is 143 Å². The molecular formula is C14H20ClN3O4S. The van der Waals surface area contributed by atoms with E-state index >= 15 is 0 Å². The summed E-state index contributed by atoms with van der Waals surface area (Å²) in [5, 5.41) is 0. The van der Waals surface area contributed by atoms with E-state index in [4.69, 9.17) is 16.3 Å². The van der Waals surface area contributed by atoms with Gasteiger partial charge in [-0.1, -0.05) is 11.6 Å². The van der Waals surface area contributed by atoms with Crippen molar-refractivity contribution in [3.8, 4) is 0 Å². The van der Waals surface area contributed by atoms with E-state index in [9.17, 15) is 14.4 Å². The summed E-state index contributed by atoms with van der Waals surface area (Å²) in [5.74, 6) is -0.158. The highest BCUT2D eigenvalue weighted by Crippen LogP contribution is 2.14. The van der Waals surface area contributed by atoms with Crippen LogP contribution >= 0.6 is 23.1 Å². The van der Waals surface area contributed by atoms with Crippen LogP contribution in [-0.2, 0) is 16.1 Å².